The standard InChI is InChI=1S/C4H12NO3P.CH4O/c5-3-1-2-4-9(6,7)8;1-2/h1-5H2,(H2,6,7,8);2H,1H3. The first-order valence-electron chi connectivity index (χ1n) is 3.25. The Hall–Kier alpha value is 0.0700. The average Bonchev–Trinajstić information content (AvgIpc) is 1.90. The van der Waals surface area contributed by atoms with Gasteiger partial charge in [0.1, 0.15) is 0 Å². The maximum absolute atomic E-state index is 10.2. The van der Waals surface area contributed by atoms with Crippen molar-refractivity contribution in [2.75, 3.05) is 19.8 Å². The number of nitrogens with two attached hydrogens (primary N) is 1. The Morgan fingerprint density at radius 3 is 2.00 bits per heavy atom. The summed E-state index contributed by atoms with van der Waals surface area (Å²) < 4.78 is 10.2. The summed E-state index contributed by atoms with van der Waals surface area (Å²) >= 11 is 0. The Morgan fingerprint density at radius 1 is 1.27 bits per heavy atom. The summed E-state index contributed by atoms with van der Waals surface area (Å²) in [4.78, 5) is 16.6. The van der Waals surface area contributed by atoms with E-state index in [1.165, 1.54) is 0 Å². The molecule has 0 aliphatic heterocycles. The maximum Gasteiger partial charge on any atom is 0.325 e. The molecule has 0 saturated heterocycles. The zero-order valence-corrected chi connectivity index (χ0v) is 7.50. The van der Waals surface area contributed by atoms with Crippen molar-refractivity contribution >= 4 is 7.60 Å². The highest BCUT2D eigenvalue weighted by Crippen LogP contribution is 2.34. The van der Waals surface area contributed by atoms with Crippen LogP contribution in [-0.2, 0) is 4.57 Å². The van der Waals surface area contributed by atoms with E-state index in [9.17, 15) is 4.57 Å². The third-order valence-corrected chi connectivity index (χ3v) is 1.80. The van der Waals surface area contributed by atoms with Crippen molar-refractivity contribution in [2.45, 2.75) is 12.8 Å². The normalized spacial score (nSPS) is 10.3. The highest BCUT2D eigenvalue weighted by molar-refractivity contribution is 7.51. The van der Waals surface area contributed by atoms with Gasteiger partial charge in [-0.15, -0.1) is 0 Å². The maximum atomic E-state index is 10.2. The van der Waals surface area contributed by atoms with Gasteiger partial charge in [-0.05, 0) is 19.4 Å². The smallest absolute Gasteiger partial charge is 0.325 e. The Labute approximate surface area is 66.4 Å². The summed E-state index contributed by atoms with van der Waals surface area (Å²) in [5, 5.41) is 7.00. The predicted molar refractivity (Wildman–Crippen MR) is 43.3 cm³/mol. The number of aliphatic hydroxyl groups excluding tert-OH is 1. The number of hydrogen-bond acceptors (Lipinski definition) is 3. The molecule has 0 spiro atoms. The second kappa shape index (κ2) is 8.17. The van der Waals surface area contributed by atoms with Gasteiger partial charge in [0.2, 0.25) is 0 Å². The summed E-state index contributed by atoms with van der Waals surface area (Å²) in [6, 6.07) is 0. The summed E-state index contributed by atoms with van der Waals surface area (Å²) in [7, 11) is -2.75. The van der Waals surface area contributed by atoms with Crippen molar-refractivity contribution in [2.24, 2.45) is 5.73 Å². The van der Waals surface area contributed by atoms with Gasteiger partial charge >= 0.3 is 7.60 Å². The van der Waals surface area contributed by atoms with E-state index in [0.29, 0.717) is 19.4 Å². The third-order valence-electron chi connectivity index (χ3n) is 0.904. The van der Waals surface area contributed by atoms with Crippen molar-refractivity contribution in [3.63, 3.8) is 0 Å². The van der Waals surface area contributed by atoms with Gasteiger partial charge in [0.25, 0.3) is 0 Å². The lowest BCUT2D eigenvalue weighted by molar-refractivity contribution is 0.371. The van der Waals surface area contributed by atoms with E-state index < -0.39 is 7.60 Å². The van der Waals surface area contributed by atoms with Crippen LogP contribution in [0.15, 0.2) is 0 Å². The van der Waals surface area contributed by atoms with E-state index >= 15 is 0 Å². The second-order valence-corrected chi connectivity index (χ2v) is 3.66. The molecule has 70 valence electrons. The van der Waals surface area contributed by atoms with Crippen molar-refractivity contribution < 1.29 is 19.5 Å². The molecule has 5 nitrogen and oxygen atoms in total. The van der Waals surface area contributed by atoms with E-state index in [1.54, 1.807) is 0 Å². The zero-order chi connectivity index (χ0) is 9.33. The van der Waals surface area contributed by atoms with Crippen LogP contribution in [0, 0.1) is 0 Å². The fourth-order valence-corrected chi connectivity index (χ4v) is 1.10. The lowest BCUT2D eigenvalue weighted by Gasteiger charge is -2.00. The lowest BCUT2D eigenvalue weighted by Crippen LogP contribution is -1.99. The molecule has 0 saturated carbocycles. The molecule has 0 atom stereocenters. The highest BCUT2D eigenvalue weighted by atomic mass is 31.2. The van der Waals surface area contributed by atoms with Crippen LogP contribution in [0.5, 0.6) is 0 Å². The van der Waals surface area contributed by atoms with E-state index in [2.05, 4.69) is 0 Å². The molecule has 0 amide bonds. The van der Waals surface area contributed by atoms with Crippen LogP contribution in [0.25, 0.3) is 0 Å². The van der Waals surface area contributed by atoms with Gasteiger partial charge in [-0.1, -0.05) is 0 Å². The van der Waals surface area contributed by atoms with Crippen LogP contribution >= 0.6 is 7.60 Å². The highest BCUT2D eigenvalue weighted by Gasteiger charge is 2.10. The molecular formula is C5H16NO4P. The monoisotopic (exact) mass is 185 g/mol. The van der Waals surface area contributed by atoms with Gasteiger partial charge in [0.05, 0.1) is 0 Å². The molecule has 0 radical (unpaired) electrons. The second-order valence-electron chi connectivity index (χ2n) is 1.88. The van der Waals surface area contributed by atoms with Crippen LogP contribution in [0.4, 0.5) is 0 Å². The number of hydrogen-bond donors (Lipinski definition) is 4. The molecule has 0 unspecified atom stereocenters. The lowest BCUT2D eigenvalue weighted by atomic mass is 10.3. The van der Waals surface area contributed by atoms with Crippen LogP contribution in [0.2, 0.25) is 0 Å². The Bertz CT molecular complexity index is 113. The third kappa shape index (κ3) is 17.8. The van der Waals surface area contributed by atoms with E-state index in [1.807, 2.05) is 0 Å². The molecule has 0 aromatic heterocycles. The molecule has 5 N–H and O–H groups in total. The van der Waals surface area contributed by atoms with Gasteiger partial charge in [0, 0.05) is 13.3 Å². The minimum Gasteiger partial charge on any atom is -0.400 e. The molecule has 11 heavy (non-hydrogen) atoms. The van der Waals surface area contributed by atoms with Crippen molar-refractivity contribution in [3.05, 3.63) is 0 Å². The molecule has 0 rings (SSSR count). The van der Waals surface area contributed by atoms with Crippen molar-refractivity contribution in [3.8, 4) is 0 Å². The van der Waals surface area contributed by atoms with Crippen LogP contribution in [0.1, 0.15) is 12.8 Å². The first kappa shape index (κ1) is 13.6. The molecule has 0 heterocycles. The van der Waals surface area contributed by atoms with Crippen LogP contribution in [0.3, 0.4) is 0 Å². The molecule has 0 aliphatic carbocycles. The summed E-state index contributed by atoms with van der Waals surface area (Å²) in [5.74, 6) is 0. The van der Waals surface area contributed by atoms with Gasteiger partial charge < -0.3 is 20.6 Å². The largest absolute Gasteiger partial charge is 0.400 e. The molecular weight excluding hydrogens is 169 g/mol. The zero-order valence-electron chi connectivity index (χ0n) is 6.60. The average molecular weight is 185 g/mol. The van der Waals surface area contributed by atoms with Crippen LogP contribution < -0.4 is 5.73 Å². The fourth-order valence-electron chi connectivity index (χ4n) is 0.462. The SMILES string of the molecule is CO.NCCCCP(=O)(O)O. The van der Waals surface area contributed by atoms with Crippen molar-refractivity contribution in [1.29, 1.82) is 0 Å². The van der Waals surface area contributed by atoms with Crippen LogP contribution in [-0.4, -0.2) is 34.7 Å². The Morgan fingerprint density at radius 2 is 1.73 bits per heavy atom. The molecule has 0 bridgehead atoms. The first-order valence-corrected chi connectivity index (χ1v) is 5.05. The molecule has 6 heteroatoms. The molecule has 0 fully saturated rings. The van der Waals surface area contributed by atoms with E-state index in [4.69, 9.17) is 20.6 Å². The van der Waals surface area contributed by atoms with Gasteiger partial charge in [-0.25, -0.2) is 0 Å². The number of unbranched alkanes of at least 4 members (excludes halogenated alkanes) is 1. The predicted octanol–water partition coefficient (Wildman–Crippen LogP) is -0.489. The molecule has 0 aromatic carbocycles. The summed E-state index contributed by atoms with van der Waals surface area (Å²) in [6.07, 6.45) is 1.16. The van der Waals surface area contributed by atoms with Gasteiger partial charge in [-0.2, -0.15) is 0 Å². The quantitative estimate of drug-likeness (QED) is 0.349. The Balaban J connectivity index is 0. The van der Waals surface area contributed by atoms with Crippen molar-refractivity contribution in [1.82, 2.24) is 0 Å². The van der Waals surface area contributed by atoms with E-state index in [-0.39, 0.29) is 6.16 Å². The molecule has 0 aliphatic rings. The minimum absolute atomic E-state index is 0.0375. The van der Waals surface area contributed by atoms with Gasteiger partial charge in [-0.3, -0.25) is 4.57 Å². The summed E-state index contributed by atoms with van der Waals surface area (Å²) in [6.45, 7) is 0.500. The fraction of sp³-hybridized carbons (Fsp3) is 1.00. The number of aliphatic hydroxyl groups is 1. The minimum atomic E-state index is -3.75. The Kier molecular flexibility index (Phi) is 10.1. The summed E-state index contributed by atoms with van der Waals surface area (Å²) in [5.41, 5.74) is 5.10. The first-order chi connectivity index (χ1) is 5.06. The molecule has 0 aromatic rings. The topological polar surface area (TPSA) is 104 Å². The van der Waals surface area contributed by atoms with Gasteiger partial charge in [0.15, 0.2) is 0 Å². The number of rotatable bonds is 4. The van der Waals surface area contributed by atoms with E-state index in [0.717, 1.165) is 7.11 Å².